The average molecular weight is 521 g/mol. The minimum Gasteiger partial charge on any atom is -0.377 e. The van der Waals surface area contributed by atoms with Crippen LogP contribution in [0.3, 0.4) is 0 Å². The van der Waals surface area contributed by atoms with Crippen LogP contribution in [0.2, 0.25) is 0 Å². The fraction of sp³-hybridized carbons (Fsp3) is 0.483. The quantitative estimate of drug-likeness (QED) is 0.376. The van der Waals surface area contributed by atoms with Gasteiger partial charge in [0.2, 0.25) is 0 Å². The van der Waals surface area contributed by atoms with Gasteiger partial charge in [-0.3, -0.25) is 9.72 Å². The second kappa shape index (κ2) is 12.2. The second-order valence-corrected chi connectivity index (χ2v) is 10.9. The number of likely N-dealkylation sites (tertiary alicyclic amines) is 1. The van der Waals surface area contributed by atoms with Crippen LogP contribution < -0.4 is 10.6 Å². The SMILES string of the molecule is CSC1=C(N(C)CCNC(O)CNc2c(C3C=CC(N4CCCC4)=CC3)nc3ccccn23)C=CCC1. The summed E-state index contributed by atoms with van der Waals surface area (Å²) >= 11 is 1.84. The molecular formula is C29H40N6OS. The lowest BCUT2D eigenvalue weighted by molar-refractivity contribution is 0.147. The van der Waals surface area contributed by atoms with Crippen molar-refractivity contribution in [2.75, 3.05) is 51.3 Å². The highest BCUT2D eigenvalue weighted by molar-refractivity contribution is 8.02. The zero-order valence-corrected chi connectivity index (χ0v) is 22.9. The van der Waals surface area contributed by atoms with Crippen LogP contribution in [0.25, 0.3) is 5.65 Å². The number of likely N-dealkylation sites (N-methyl/N-ethyl adjacent to an activating group) is 1. The molecule has 1 saturated heterocycles. The molecule has 0 amide bonds. The number of aliphatic hydroxyl groups excluding tert-OH is 1. The number of imidazole rings is 1. The molecule has 0 aromatic carbocycles. The Kier molecular flexibility index (Phi) is 8.59. The molecule has 198 valence electrons. The molecule has 0 spiro atoms. The Labute approximate surface area is 225 Å². The lowest BCUT2D eigenvalue weighted by Gasteiger charge is -2.26. The van der Waals surface area contributed by atoms with Gasteiger partial charge in [-0.25, -0.2) is 4.98 Å². The number of aromatic nitrogens is 2. The van der Waals surface area contributed by atoms with Crippen molar-refractivity contribution in [3.05, 3.63) is 76.8 Å². The third-order valence-corrected chi connectivity index (χ3v) is 8.41. The first kappa shape index (κ1) is 25.9. The monoisotopic (exact) mass is 520 g/mol. The van der Waals surface area contributed by atoms with E-state index in [1.807, 2.05) is 36.2 Å². The van der Waals surface area contributed by atoms with Gasteiger partial charge >= 0.3 is 0 Å². The number of nitrogens with one attached hydrogen (secondary N) is 2. The normalized spacial score (nSPS) is 20.6. The first-order chi connectivity index (χ1) is 18.1. The Balaban J connectivity index is 1.19. The molecule has 0 bridgehead atoms. The number of fused-ring (bicyclic) bond motifs is 1. The highest BCUT2D eigenvalue weighted by Gasteiger charge is 2.23. The summed E-state index contributed by atoms with van der Waals surface area (Å²) in [5, 5.41) is 17.5. The number of hydrogen-bond acceptors (Lipinski definition) is 7. The predicted octanol–water partition coefficient (Wildman–Crippen LogP) is 4.53. The van der Waals surface area contributed by atoms with Gasteiger partial charge < -0.3 is 20.2 Å². The molecular weight excluding hydrogens is 480 g/mol. The molecule has 2 atom stereocenters. The third-order valence-electron chi connectivity index (χ3n) is 7.51. The molecule has 0 saturated carbocycles. The largest absolute Gasteiger partial charge is 0.377 e. The summed E-state index contributed by atoms with van der Waals surface area (Å²) in [6.07, 6.45) is 20.7. The van der Waals surface area contributed by atoms with E-state index in [0.717, 1.165) is 56.1 Å². The summed E-state index contributed by atoms with van der Waals surface area (Å²) in [6, 6.07) is 6.08. The number of hydrogen-bond donors (Lipinski definition) is 3. The first-order valence-corrected chi connectivity index (χ1v) is 14.8. The zero-order valence-electron chi connectivity index (χ0n) is 22.1. The summed E-state index contributed by atoms with van der Waals surface area (Å²) in [6.45, 7) is 4.27. The van der Waals surface area contributed by atoms with Gasteiger partial charge in [0.15, 0.2) is 0 Å². The molecule has 0 radical (unpaired) electrons. The van der Waals surface area contributed by atoms with E-state index in [-0.39, 0.29) is 5.92 Å². The molecule has 2 unspecified atom stereocenters. The van der Waals surface area contributed by atoms with Gasteiger partial charge in [0, 0.05) is 61.6 Å². The second-order valence-electron chi connectivity index (χ2n) is 10.0. The van der Waals surface area contributed by atoms with E-state index in [2.05, 4.69) is 68.5 Å². The molecule has 8 heteroatoms. The predicted molar refractivity (Wildman–Crippen MR) is 155 cm³/mol. The highest BCUT2D eigenvalue weighted by Crippen LogP contribution is 2.33. The van der Waals surface area contributed by atoms with E-state index in [4.69, 9.17) is 4.98 Å². The Bertz CT molecular complexity index is 1190. The van der Waals surface area contributed by atoms with Gasteiger partial charge in [0.1, 0.15) is 17.7 Å². The van der Waals surface area contributed by atoms with Crippen LogP contribution >= 0.6 is 11.8 Å². The fourth-order valence-corrected chi connectivity index (χ4v) is 6.19. The molecule has 7 nitrogen and oxygen atoms in total. The lowest BCUT2D eigenvalue weighted by atomic mass is 9.95. The van der Waals surface area contributed by atoms with Crippen molar-refractivity contribution < 1.29 is 5.11 Å². The number of allylic oxidation sites excluding steroid dienone is 6. The van der Waals surface area contributed by atoms with Crippen molar-refractivity contribution in [3.8, 4) is 0 Å². The van der Waals surface area contributed by atoms with E-state index in [1.54, 1.807) is 0 Å². The Morgan fingerprint density at radius 2 is 2.11 bits per heavy atom. The topological polar surface area (TPSA) is 68.1 Å². The smallest absolute Gasteiger partial charge is 0.138 e. The van der Waals surface area contributed by atoms with Crippen LogP contribution in [0, 0.1) is 0 Å². The van der Waals surface area contributed by atoms with E-state index >= 15 is 0 Å². The molecule has 3 N–H and O–H groups in total. The molecule has 3 aliphatic rings. The maximum atomic E-state index is 10.7. The summed E-state index contributed by atoms with van der Waals surface area (Å²) < 4.78 is 2.09. The van der Waals surface area contributed by atoms with E-state index in [0.29, 0.717) is 13.1 Å². The number of thioether (sulfide) groups is 1. The standard InChI is InChI=1S/C29H40N6OS/c1-33(24-9-3-4-10-25(24)37-2)20-16-30-27(36)21-31-29-28(32-26-11-5-6-19-35(26)29)22-12-14-23(15-13-22)34-17-7-8-18-34/h3,5-6,9,11-12,14-15,19,22,27,30-31,36H,4,7-8,10,13,16-18,20-21H2,1-2H3. The van der Waals surface area contributed by atoms with Gasteiger partial charge in [-0.1, -0.05) is 24.3 Å². The molecule has 37 heavy (non-hydrogen) atoms. The van der Waals surface area contributed by atoms with Crippen LogP contribution in [0.1, 0.15) is 43.7 Å². The summed E-state index contributed by atoms with van der Waals surface area (Å²) in [4.78, 5) is 11.2. The molecule has 2 aliphatic carbocycles. The molecule has 2 aromatic heterocycles. The Morgan fingerprint density at radius 3 is 2.89 bits per heavy atom. The van der Waals surface area contributed by atoms with Crippen molar-refractivity contribution in [1.82, 2.24) is 24.5 Å². The van der Waals surface area contributed by atoms with Crippen LogP contribution in [0.4, 0.5) is 5.82 Å². The molecule has 3 heterocycles. The van der Waals surface area contributed by atoms with Crippen molar-refractivity contribution in [1.29, 1.82) is 0 Å². The Morgan fingerprint density at radius 1 is 1.24 bits per heavy atom. The lowest BCUT2D eigenvalue weighted by Crippen LogP contribution is -2.39. The highest BCUT2D eigenvalue weighted by atomic mass is 32.2. The first-order valence-electron chi connectivity index (χ1n) is 13.5. The van der Waals surface area contributed by atoms with Crippen LogP contribution in [0.5, 0.6) is 0 Å². The van der Waals surface area contributed by atoms with Gasteiger partial charge in [-0.2, -0.15) is 0 Å². The average Bonchev–Trinajstić information content (AvgIpc) is 3.60. The number of anilines is 1. The molecule has 2 aromatic rings. The number of aliphatic hydroxyl groups is 1. The summed E-state index contributed by atoms with van der Waals surface area (Å²) in [5.74, 6) is 1.18. The third kappa shape index (κ3) is 6.08. The Hall–Kier alpha value is -2.68. The van der Waals surface area contributed by atoms with E-state index < -0.39 is 6.23 Å². The number of pyridine rings is 1. The fourth-order valence-electron chi connectivity index (χ4n) is 5.43. The van der Waals surface area contributed by atoms with Crippen molar-refractivity contribution in [2.45, 2.75) is 44.2 Å². The van der Waals surface area contributed by atoms with Crippen molar-refractivity contribution in [2.24, 2.45) is 0 Å². The van der Waals surface area contributed by atoms with Crippen molar-refractivity contribution >= 4 is 23.2 Å². The maximum absolute atomic E-state index is 10.7. The minimum atomic E-state index is -0.657. The van der Waals surface area contributed by atoms with E-state index in [9.17, 15) is 5.11 Å². The molecule has 1 fully saturated rings. The molecule has 5 rings (SSSR count). The van der Waals surface area contributed by atoms with Crippen LogP contribution in [-0.2, 0) is 0 Å². The minimum absolute atomic E-state index is 0.218. The zero-order chi connectivity index (χ0) is 25.6. The van der Waals surface area contributed by atoms with E-state index in [1.165, 1.54) is 29.1 Å². The van der Waals surface area contributed by atoms with Crippen LogP contribution in [-0.4, -0.2) is 76.5 Å². The van der Waals surface area contributed by atoms with Gasteiger partial charge in [0.25, 0.3) is 0 Å². The van der Waals surface area contributed by atoms with Gasteiger partial charge in [-0.15, -0.1) is 11.8 Å². The van der Waals surface area contributed by atoms with Crippen LogP contribution in [0.15, 0.2) is 71.1 Å². The van der Waals surface area contributed by atoms with Crippen molar-refractivity contribution in [3.63, 3.8) is 0 Å². The summed E-state index contributed by atoms with van der Waals surface area (Å²) in [7, 11) is 2.12. The number of nitrogens with zero attached hydrogens (tertiary/aromatic N) is 4. The molecule has 1 aliphatic heterocycles. The van der Waals surface area contributed by atoms with Gasteiger partial charge in [0.05, 0.1) is 12.2 Å². The summed E-state index contributed by atoms with van der Waals surface area (Å²) in [5.41, 5.74) is 4.60. The van der Waals surface area contributed by atoms with Gasteiger partial charge in [-0.05, 0) is 62.6 Å². The number of rotatable bonds is 11. The maximum Gasteiger partial charge on any atom is 0.138 e.